The summed E-state index contributed by atoms with van der Waals surface area (Å²) in [5.41, 5.74) is -0.876. The zero-order valence-electron chi connectivity index (χ0n) is 11.0. The van der Waals surface area contributed by atoms with E-state index < -0.39 is 23.1 Å². The van der Waals surface area contributed by atoms with Crippen molar-refractivity contribution in [3.05, 3.63) is 71.0 Å². The summed E-state index contributed by atoms with van der Waals surface area (Å²) in [6, 6.07) is 9.34. The number of benzene rings is 2. The molecule has 0 aromatic heterocycles. The lowest BCUT2D eigenvalue weighted by Crippen LogP contribution is -2.29. The fraction of sp³-hybridized carbons (Fsp3) is 0.250. The van der Waals surface area contributed by atoms with Crippen molar-refractivity contribution >= 4 is 0 Å². The van der Waals surface area contributed by atoms with Crippen molar-refractivity contribution in [1.29, 1.82) is 0 Å². The molecule has 0 amide bonds. The molecule has 2 aromatic rings. The van der Waals surface area contributed by atoms with E-state index >= 15 is 0 Å². The second kappa shape index (κ2) is 5.67. The summed E-state index contributed by atoms with van der Waals surface area (Å²) in [4.78, 5) is 0. The minimum absolute atomic E-state index is 0.0155. The van der Waals surface area contributed by atoms with Crippen molar-refractivity contribution in [2.75, 3.05) is 0 Å². The molecule has 0 saturated carbocycles. The normalized spacial score (nSPS) is 14.1. The van der Waals surface area contributed by atoms with Gasteiger partial charge in [0.2, 0.25) is 0 Å². The average molecular weight is 280 g/mol. The molecule has 2 rings (SSSR count). The van der Waals surface area contributed by atoms with Crippen molar-refractivity contribution < 1.29 is 18.3 Å². The Morgan fingerprint density at radius 3 is 2.25 bits per heavy atom. The average Bonchev–Trinajstić information content (AvgIpc) is 2.43. The predicted octanol–water partition coefficient (Wildman–Crippen LogP) is 3.94. The van der Waals surface area contributed by atoms with Crippen LogP contribution in [0.3, 0.4) is 0 Å². The Balaban J connectivity index is 2.36. The van der Waals surface area contributed by atoms with Crippen LogP contribution in [-0.2, 0) is 12.0 Å². The zero-order valence-corrected chi connectivity index (χ0v) is 11.0. The van der Waals surface area contributed by atoms with E-state index in [1.807, 2.05) is 0 Å². The largest absolute Gasteiger partial charge is 0.385 e. The minimum atomic E-state index is -1.45. The van der Waals surface area contributed by atoms with E-state index in [4.69, 9.17) is 0 Å². The van der Waals surface area contributed by atoms with E-state index in [0.29, 0.717) is 5.56 Å². The van der Waals surface area contributed by atoms with Crippen LogP contribution in [0.15, 0.2) is 42.5 Å². The van der Waals surface area contributed by atoms with Crippen LogP contribution >= 0.6 is 0 Å². The molecule has 106 valence electrons. The third-order valence-electron chi connectivity index (χ3n) is 3.44. The molecule has 0 heterocycles. The van der Waals surface area contributed by atoms with Gasteiger partial charge in [-0.2, -0.15) is 0 Å². The summed E-state index contributed by atoms with van der Waals surface area (Å²) in [5, 5.41) is 10.6. The highest BCUT2D eigenvalue weighted by atomic mass is 19.2. The van der Waals surface area contributed by atoms with E-state index in [0.717, 1.165) is 12.1 Å². The Hall–Kier alpha value is -1.81. The first kappa shape index (κ1) is 14.6. The molecular weight excluding hydrogens is 265 g/mol. The summed E-state index contributed by atoms with van der Waals surface area (Å²) < 4.78 is 39.9. The van der Waals surface area contributed by atoms with Crippen molar-refractivity contribution in [3.8, 4) is 0 Å². The number of aliphatic hydroxyl groups is 1. The van der Waals surface area contributed by atoms with Gasteiger partial charge in [0.05, 0.1) is 5.60 Å². The van der Waals surface area contributed by atoms with Gasteiger partial charge in [-0.15, -0.1) is 0 Å². The molecule has 1 N–H and O–H groups in total. The van der Waals surface area contributed by atoms with E-state index in [-0.39, 0.29) is 18.4 Å². The maximum absolute atomic E-state index is 13.8. The lowest BCUT2D eigenvalue weighted by atomic mass is 9.85. The summed E-state index contributed by atoms with van der Waals surface area (Å²) in [6.45, 7) is 1.71. The number of halogens is 3. The Morgan fingerprint density at radius 1 is 0.950 bits per heavy atom. The van der Waals surface area contributed by atoms with Crippen LogP contribution in [0.2, 0.25) is 0 Å². The topological polar surface area (TPSA) is 20.2 Å². The van der Waals surface area contributed by atoms with Crippen LogP contribution in [0.25, 0.3) is 0 Å². The van der Waals surface area contributed by atoms with E-state index in [9.17, 15) is 18.3 Å². The van der Waals surface area contributed by atoms with Gasteiger partial charge in [-0.25, -0.2) is 13.2 Å². The standard InChI is InChI=1S/C16H15F3O/c1-2-16(20,12-5-3-4-6-13(12)17)10-11-7-8-14(18)15(19)9-11/h3-9,20H,2,10H2,1H3. The van der Waals surface area contributed by atoms with Gasteiger partial charge in [-0.1, -0.05) is 31.2 Å². The molecule has 0 aliphatic rings. The van der Waals surface area contributed by atoms with Gasteiger partial charge in [0.15, 0.2) is 11.6 Å². The Morgan fingerprint density at radius 2 is 1.65 bits per heavy atom. The molecular formula is C16H15F3O. The summed E-state index contributed by atoms with van der Waals surface area (Å²) in [5.74, 6) is -2.44. The summed E-state index contributed by atoms with van der Waals surface area (Å²) >= 11 is 0. The molecule has 0 radical (unpaired) electrons. The number of rotatable bonds is 4. The van der Waals surface area contributed by atoms with Crippen molar-refractivity contribution in [1.82, 2.24) is 0 Å². The van der Waals surface area contributed by atoms with Gasteiger partial charge in [0, 0.05) is 12.0 Å². The minimum Gasteiger partial charge on any atom is -0.385 e. The summed E-state index contributed by atoms with van der Waals surface area (Å²) in [6.07, 6.45) is 0.272. The van der Waals surface area contributed by atoms with Gasteiger partial charge in [-0.05, 0) is 30.2 Å². The monoisotopic (exact) mass is 280 g/mol. The molecule has 1 nitrogen and oxygen atoms in total. The first-order valence-electron chi connectivity index (χ1n) is 6.37. The van der Waals surface area contributed by atoms with Crippen LogP contribution in [0, 0.1) is 17.5 Å². The van der Waals surface area contributed by atoms with Gasteiger partial charge in [-0.3, -0.25) is 0 Å². The highest BCUT2D eigenvalue weighted by molar-refractivity contribution is 5.28. The Bertz CT molecular complexity index is 612. The first-order valence-corrected chi connectivity index (χ1v) is 6.37. The maximum atomic E-state index is 13.8. The van der Waals surface area contributed by atoms with Gasteiger partial charge in [0.1, 0.15) is 5.82 Å². The van der Waals surface area contributed by atoms with Crippen molar-refractivity contribution in [2.24, 2.45) is 0 Å². The van der Waals surface area contributed by atoms with Crippen LogP contribution in [0.4, 0.5) is 13.2 Å². The molecule has 0 saturated heterocycles. The quantitative estimate of drug-likeness (QED) is 0.899. The van der Waals surface area contributed by atoms with Crippen LogP contribution in [0.5, 0.6) is 0 Å². The first-order chi connectivity index (χ1) is 9.46. The molecule has 0 spiro atoms. The SMILES string of the molecule is CCC(O)(Cc1ccc(F)c(F)c1)c1ccccc1F. The third kappa shape index (κ3) is 2.85. The van der Waals surface area contributed by atoms with E-state index in [2.05, 4.69) is 0 Å². The molecule has 0 bridgehead atoms. The molecule has 2 aromatic carbocycles. The van der Waals surface area contributed by atoms with Crippen molar-refractivity contribution in [3.63, 3.8) is 0 Å². The molecule has 4 heteroatoms. The fourth-order valence-corrected chi connectivity index (χ4v) is 2.24. The smallest absolute Gasteiger partial charge is 0.159 e. The second-order valence-corrected chi connectivity index (χ2v) is 4.79. The highest BCUT2D eigenvalue weighted by Crippen LogP contribution is 2.31. The van der Waals surface area contributed by atoms with Gasteiger partial charge in [0.25, 0.3) is 0 Å². The molecule has 20 heavy (non-hydrogen) atoms. The van der Waals surface area contributed by atoms with Crippen molar-refractivity contribution in [2.45, 2.75) is 25.4 Å². The molecule has 0 fully saturated rings. The molecule has 1 atom stereocenters. The molecule has 1 unspecified atom stereocenters. The van der Waals surface area contributed by atoms with Gasteiger partial charge < -0.3 is 5.11 Å². The highest BCUT2D eigenvalue weighted by Gasteiger charge is 2.30. The molecule has 0 aliphatic heterocycles. The second-order valence-electron chi connectivity index (χ2n) is 4.79. The summed E-state index contributed by atoms with van der Waals surface area (Å²) in [7, 11) is 0. The Kier molecular flexibility index (Phi) is 4.14. The third-order valence-corrected chi connectivity index (χ3v) is 3.44. The maximum Gasteiger partial charge on any atom is 0.159 e. The van der Waals surface area contributed by atoms with Crippen LogP contribution in [0.1, 0.15) is 24.5 Å². The van der Waals surface area contributed by atoms with E-state index in [1.54, 1.807) is 13.0 Å². The van der Waals surface area contributed by atoms with Crippen LogP contribution in [-0.4, -0.2) is 5.11 Å². The Labute approximate surface area is 115 Å². The zero-order chi connectivity index (χ0) is 14.8. The fourth-order valence-electron chi connectivity index (χ4n) is 2.24. The number of hydrogen-bond donors (Lipinski definition) is 1. The predicted molar refractivity (Wildman–Crippen MR) is 70.6 cm³/mol. The lowest BCUT2D eigenvalue weighted by Gasteiger charge is -2.28. The number of hydrogen-bond acceptors (Lipinski definition) is 1. The van der Waals surface area contributed by atoms with Gasteiger partial charge >= 0.3 is 0 Å². The lowest BCUT2D eigenvalue weighted by molar-refractivity contribution is 0.0291. The molecule has 0 aliphatic carbocycles. The van der Waals surface area contributed by atoms with E-state index in [1.165, 1.54) is 24.3 Å². The van der Waals surface area contributed by atoms with Crippen LogP contribution < -0.4 is 0 Å².